The summed E-state index contributed by atoms with van der Waals surface area (Å²) >= 11 is 1.47. The molecule has 2 aromatic rings. The molecule has 1 aliphatic carbocycles. The second-order valence-corrected chi connectivity index (χ2v) is 8.45. The highest BCUT2D eigenvalue weighted by Crippen LogP contribution is 2.30. The average molecular weight is 433 g/mol. The molecular weight excluding hydrogens is 404 g/mol. The van der Waals surface area contributed by atoms with E-state index in [2.05, 4.69) is 22.8 Å². The lowest BCUT2D eigenvalue weighted by Gasteiger charge is -2.20. The predicted octanol–water partition coefficient (Wildman–Crippen LogP) is 4.77. The van der Waals surface area contributed by atoms with Gasteiger partial charge in [-0.05, 0) is 37.8 Å². The van der Waals surface area contributed by atoms with Crippen LogP contribution < -0.4 is 10.6 Å². The van der Waals surface area contributed by atoms with Crippen LogP contribution in [0.1, 0.15) is 52.9 Å². The molecule has 0 spiro atoms. The Morgan fingerprint density at radius 2 is 1.70 bits per heavy atom. The highest BCUT2D eigenvalue weighted by molar-refractivity contribution is 7.16. The van der Waals surface area contributed by atoms with E-state index in [0.717, 1.165) is 37.0 Å². The first-order valence-electron chi connectivity index (χ1n) is 10.0. The molecule has 1 saturated carbocycles. The smallest absolute Gasteiger partial charge is 0.450 e. The summed E-state index contributed by atoms with van der Waals surface area (Å²) in [6, 6.07) is 11.9. The molecule has 0 bridgehead atoms. The Bertz CT molecular complexity index is 840. The molecule has 0 atom stereocenters. The van der Waals surface area contributed by atoms with Crippen molar-refractivity contribution in [3.05, 3.63) is 52.4 Å². The van der Waals surface area contributed by atoms with Gasteiger partial charge >= 0.3 is 6.16 Å². The number of anilines is 1. The van der Waals surface area contributed by atoms with E-state index in [1.54, 1.807) is 0 Å². The number of benzene rings is 1. The fraction of sp³-hybridized carbons (Fsp3) is 0.409. The molecule has 1 fully saturated rings. The lowest BCUT2D eigenvalue weighted by atomic mass is 9.89. The van der Waals surface area contributed by atoms with Crippen molar-refractivity contribution in [2.24, 2.45) is 5.92 Å². The third-order valence-corrected chi connectivity index (χ3v) is 5.82. The van der Waals surface area contributed by atoms with Gasteiger partial charge in [-0.3, -0.25) is 9.59 Å². The fourth-order valence-corrected chi connectivity index (χ4v) is 4.33. The van der Waals surface area contributed by atoms with Gasteiger partial charge in [-0.25, -0.2) is 4.79 Å². The Balaban J connectivity index is 0.000000735. The van der Waals surface area contributed by atoms with E-state index in [-0.39, 0.29) is 17.7 Å². The van der Waals surface area contributed by atoms with Gasteiger partial charge in [-0.1, -0.05) is 49.6 Å². The summed E-state index contributed by atoms with van der Waals surface area (Å²) in [5.41, 5.74) is 1.77. The summed E-state index contributed by atoms with van der Waals surface area (Å²) in [5.74, 6) is 0.0225. The van der Waals surface area contributed by atoms with E-state index in [0.29, 0.717) is 17.1 Å². The van der Waals surface area contributed by atoms with Crippen LogP contribution in [0.3, 0.4) is 0 Å². The molecule has 0 aliphatic heterocycles. The van der Waals surface area contributed by atoms with Gasteiger partial charge in [0.05, 0.1) is 5.56 Å². The Kier molecular flexibility index (Phi) is 9.34. The first-order chi connectivity index (χ1) is 14.4. The minimum Gasteiger partial charge on any atom is -0.450 e. The largest absolute Gasteiger partial charge is 0.503 e. The van der Waals surface area contributed by atoms with Crippen LogP contribution in [0.25, 0.3) is 0 Å². The molecule has 2 amide bonds. The van der Waals surface area contributed by atoms with Crippen molar-refractivity contribution in [2.45, 2.75) is 45.4 Å². The molecule has 0 radical (unpaired) electrons. The van der Waals surface area contributed by atoms with E-state index in [9.17, 15) is 9.59 Å². The zero-order valence-corrected chi connectivity index (χ0v) is 17.8. The Labute approximate surface area is 180 Å². The van der Waals surface area contributed by atoms with Crippen molar-refractivity contribution < 1.29 is 24.6 Å². The van der Waals surface area contributed by atoms with E-state index < -0.39 is 6.16 Å². The topological polar surface area (TPSA) is 116 Å². The quantitative estimate of drug-likeness (QED) is 0.525. The fourth-order valence-electron chi connectivity index (χ4n) is 3.41. The molecule has 162 valence electrons. The SMILES string of the molecule is Cc1cc(C(=O)NCCc2ccccc2)c(NC(=O)C2CCCCC2)s1.O=C(O)O. The standard InChI is InChI=1S/C21H26N2O2S.CH2O3/c1-15-14-18(20(25)22-13-12-16-8-4-2-5-9-16)21(26-15)23-19(24)17-10-6-3-7-11-17;2-1(3)4/h2,4-5,8-9,14,17H,3,6-7,10-13H2,1H3,(H,22,25)(H,23,24);(H2,2,3,4). The van der Waals surface area contributed by atoms with Gasteiger partial charge in [0.25, 0.3) is 5.91 Å². The summed E-state index contributed by atoms with van der Waals surface area (Å²) in [5, 5.41) is 20.6. The molecule has 1 aromatic heterocycles. The maximum atomic E-state index is 12.6. The highest BCUT2D eigenvalue weighted by Gasteiger charge is 2.23. The second kappa shape index (κ2) is 12.0. The van der Waals surface area contributed by atoms with Gasteiger partial charge in [0, 0.05) is 17.3 Å². The number of hydrogen-bond donors (Lipinski definition) is 4. The number of rotatable bonds is 6. The van der Waals surface area contributed by atoms with Gasteiger partial charge in [0.1, 0.15) is 5.00 Å². The monoisotopic (exact) mass is 432 g/mol. The number of thiophene rings is 1. The zero-order valence-electron chi connectivity index (χ0n) is 17.0. The molecule has 1 heterocycles. The minimum atomic E-state index is -1.83. The number of aryl methyl sites for hydroxylation is 1. The van der Waals surface area contributed by atoms with Crippen molar-refractivity contribution in [3.8, 4) is 0 Å². The van der Waals surface area contributed by atoms with Crippen LogP contribution in [0.4, 0.5) is 9.80 Å². The van der Waals surface area contributed by atoms with E-state index in [1.807, 2.05) is 31.2 Å². The van der Waals surface area contributed by atoms with Crippen LogP contribution in [0.5, 0.6) is 0 Å². The molecule has 1 aromatic carbocycles. The minimum absolute atomic E-state index is 0.0601. The van der Waals surface area contributed by atoms with Crippen LogP contribution in [-0.2, 0) is 11.2 Å². The van der Waals surface area contributed by atoms with Gasteiger partial charge in [0.2, 0.25) is 5.91 Å². The summed E-state index contributed by atoms with van der Waals surface area (Å²) in [4.78, 5) is 34.7. The summed E-state index contributed by atoms with van der Waals surface area (Å²) < 4.78 is 0. The number of carbonyl (C=O) groups is 3. The van der Waals surface area contributed by atoms with Crippen molar-refractivity contribution in [1.29, 1.82) is 0 Å². The molecule has 0 unspecified atom stereocenters. The van der Waals surface area contributed by atoms with Crippen molar-refractivity contribution in [3.63, 3.8) is 0 Å². The van der Waals surface area contributed by atoms with Gasteiger partial charge in [-0.15, -0.1) is 11.3 Å². The maximum Gasteiger partial charge on any atom is 0.503 e. The number of hydrogen-bond acceptors (Lipinski definition) is 4. The molecule has 7 nitrogen and oxygen atoms in total. The summed E-state index contributed by atoms with van der Waals surface area (Å²) in [6.07, 6.45) is 4.32. The van der Waals surface area contributed by atoms with Crippen LogP contribution in [-0.4, -0.2) is 34.7 Å². The number of amides is 2. The Hall–Kier alpha value is -2.87. The van der Waals surface area contributed by atoms with E-state index >= 15 is 0 Å². The lowest BCUT2D eigenvalue weighted by molar-refractivity contribution is -0.120. The van der Waals surface area contributed by atoms with Crippen LogP contribution in [0, 0.1) is 12.8 Å². The van der Waals surface area contributed by atoms with Crippen molar-refractivity contribution in [2.75, 3.05) is 11.9 Å². The third-order valence-electron chi connectivity index (χ3n) is 4.85. The first-order valence-corrected chi connectivity index (χ1v) is 10.8. The Morgan fingerprint density at radius 1 is 1.07 bits per heavy atom. The molecule has 30 heavy (non-hydrogen) atoms. The van der Waals surface area contributed by atoms with Crippen LogP contribution in [0.15, 0.2) is 36.4 Å². The third kappa shape index (κ3) is 7.87. The number of carboxylic acid groups (broad SMARTS) is 2. The van der Waals surface area contributed by atoms with Crippen LogP contribution in [0.2, 0.25) is 0 Å². The lowest BCUT2D eigenvalue weighted by Crippen LogP contribution is -2.28. The summed E-state index contributed by atoms with van der Waals surface area (Å²) in [6.45, 7) is 2.54. The molecule has 8 heteroatoms. The maximum absolute atomic E-state index is 12.6. The van der Waals surface area contributed by atoms with E-state index in [4.69, 9.17) is 15.0 Å². The van der Waals surface area contributed by atoms with Crippen molar-refractivity contribution >= 4 is 34.3 Å². The van der Waals surface area contributed by atoms with Gasteiger partial charge in [-0.2, -0.15) is 0 Å². The van der Waals surface area contributed by atoms with E-state index in [1.165, 1.54) is 23.3 Å². The number of carbonyl (C=O) groups excluding carboxylic acids is 2. The summed E-state index contributed by atoms with van der Waals surface area (Å²) in [7, 11) is 0. The molecule has 4 N–H and O–H groups in total. The molecule has 0 saturated heterocycles. The van der Waals surface area contributed by atoms with Crippen molar-refractivity contribution in [1.82, 2.24) is 5.32 Å². The molecule has 3 rings (SSSR count). The van der Waals surface area contributed by atoms with Gasteiger partial charge in [0.15, 0.2) is 0 Å². The van der Waals surface area contributed by atoms with Crippen LogP contribution >= 0.6 is 11.3 Å². The van der Waals surface area contributed by atoms with Gasteiger partial charge < -0.3 is 20.8 Å². The first kappa shape index (κ1) is 23.4. The second-order valence-electron chi connectivity index (χ2n) is 7.20. The predicted molar refractivity (Wildman–Crippen MR) is 117 cm³/mol. The highest BCUT2D eigenvalue weighted by atomic mass is 32.1. The number of nitrogens with one attached hydrogen (secondary N) is 2. The Morgan fingerprint density at radius 3 is 2.33 bits per heavy atom. The molecule has 1 aliphatic rings. The normalized spacial score (nSPS) is 13.6. The molecular formula is C22H28N2O5S. The zero-order chi connectivity index (χ0) is 21.9. The average Bonchev–Trinajstić information content (AvgIpc) is 3.09.